The summed E-state index contributed by atoms with van der Waals surface area (Å²) < 4.78 is 5.89. The molecule has 4 rings (SSSR count). The first-order valence-electron chi connectivity index (χ1n) is 8.38. The molecule has 1 aromatic carbocycles. The van der Waals surface area contributed by atoms with Gasteiger partial charge in [-0.1, -0.05) is 30.3 Å². The van der Waals surface area contributed by atoms with Gasteiger partial charge >= 0.3 is 0 Å². The van der Waals surface area contributed by atoms with Gasteiger partial charge in [0.1, 0.15) is 11.5 Å². The molecule has 128 valence electrons. The number of benzene rings is 1. The van der Waals surface area contributed by atoms with Crippen LogP contribution in [0.3, 0.4) is 0 Å². The Morgan fingerprint density at radius 1 is 1.24 bits per heavy atom. The Kier molecular flexibility index (Phi) is 4.05. The lowest BCUT2D eigenvalue weighted by molar-refractivity contribution is 0.0721. The largest absolute Gasteiger partial charge is 0.445 e. The summed E-state index contributed by atoms with van der Waals surface area (Å²) >= 11 is 0. The summed E-state index contributed by atoms with van der Waals surface area (Å²) in [5.74, 6) is 1.51. The molecule has 0 unspecified atom stereocenters. The molecule has 0 spiro atoms. The molecule has 0 atom stereocenters. The zero-order valence-corrected chi connectivity index (χ0v) is 14.0. The van der Waals surface area contributed by atoms with Crippen LogP contribution in [0.5, 0.6) is 0 Å². The van der Waals surface area contributed by atoms with Crippen molar-refractivity contribution in [2.45, 2.75) is 32.7 Å². The summed E-state index contributed by atoms with van der Waals surface area (Å²) in [6, 6.07) is 10.3. The molecule has 1 N–H and O–H groups in total. The summed E-state index contributed by atoms with van der Waals surface area (Å²) in [6.07, 6.45) is 2.32. The zero-order chi connectivity index (χ0) is 17.2. The Bertz CT molecular complexity index is 884. The van der Waals surface area contributed by atoms with Gasteiger partial charge in [0.15, 0.2) is 11.6 Å². The van der Waals surface area contributed by atoms with Gasteiger partial charge in [0.05, 0.1) is 12.2 Å². The molecule has 7 nitrogen and oxygen atoms in total. The SMILES string of the molecule is Cc1n[nH]nc1C(=O)N1CCc2oc(CCc3ccccc3)nc2C1. The second-order valence-corrected chi connectivity index (χ2v) is 6.20. The van der Waals surface area contributed by atoms with Crippen molar-refractivity contribution in [1.82, 2.24) is 25.3 Å². The van der Waals surface area contributed by atoms with E-state index in [-0.39, 0.29) is 5.91 Å². The number of carbonyl (C=O) groups is 1. The Labute approximate surface area is 145 Å². The van der Waals surface area contributed by atoms with Gasteiger partial charge in [0, 0.05) is 19.4 Å². The maximum Gasteiger partial charge on any atom is 0.276 e. The number of oxazole rings is 1. The molecule has 7 heteroatoms. The van der Waals surface area contributed by atoms with E-state index in [1.54, 1.807) is 11.8 Å². The van der Waals surface area contributed by atoms with Crippen molar-refractivity contribution in [2.75, 3.05) is 6.54 Å². The number of hydrogen-bond donors (Lipinski definition) is 1. The van der Waals surface area contributed by atoms with E-state index >= 15 is 0 Å². The van der Waals surface area contributed by atoms with Crippen molar-refractivity contribution >= 4 is 5.91 Å². The molecular formula is C18H19N5O2. The van der Waals surface area contributed by atoms with Crippen LogP contribution in [0.1, 0.15) is 39.1 Å². The van der Waals surface area contributed by atoms with Crippen LogP contribution in [0, 0.1) is 6.92 Å². The summed E-state index contributed by atoms with van der Waals surface area (Å²) in [6.45, 7) is 2.82. The smallest absolute Gasteiger partial charge is 0.276 e. The molecule has 0 radical (unpaired) electrons. The standard InChI is InChI=1S/C18H19N5O2/c1-12-17(21-22-20-12)18(24)23-10-9-15-14(11-23)19-16(25-15)8-7-13-5-3-2-4-6-13/h2-6H,7-11H2,1H3,(H,20,21,22). The van der Waals surface area contributed by atoms with E-state index in [9.17, 15) is 4.79 Å². The highest BCUT2D eigenvalue weighted by Gasteiger charge is 2.28. The van der Waals surface area contributed by atoms with Crippen LogP contribution in [0.25, 0.3) is 0 Å². The molecule has 1 aliphatic heterocycles. The van der Waals surface area contributed by atoms with Gasteiger partial charge in [-0.25, -0.2) is 4.98 Å². The fourth-order valence-electron chi connectivity index (χ4n) is 3.06. The Morgan fingerprint density at radius 2 is 2.08 bits per heavy atom. The number of nitrogens with one attached hydrogen (secondary N) is 1. The van der Waals surface area contributed by atoms with E-state index in [2.05, 4.69) is 32.5 Å². The molecular weight excluding hydrogens is 318 g/mol. The van der Waals surface area contributed by atoms with E-state index in [0.717, 1.165) is 30.2 Å². The van der Waals surface area contributed by atoms with Crippen LogP contribution in [0.15, 0.2) is 34.7 Å². The maximum absolute atomic E-state index is 12.6. The molecule has 0 fully saturated rings. The molecule has 3 heterocycles. The van der Waals surface area contributed by atoms with Gasteiger partial charge in [0.2, 0.25) is 0 Å². The highest BCUT2D eigenvalue weighted by Crippen LogP contribution is 2.22. The minimum absolute atomic E-state index is 0.120. The van der Waals surface area contributed by atoms with Crippen molar-refractivity contribution < 1.29 is 9.21 Å². The molecule has 0 bridgehead atoms. The third-order valence-corrected chi connectivity index (χ3v) is 4.45. The molecule has 1 aliphatic rings. The van der Waals surface area contributed by atoms with E-state index < -0.39 is 0 Å². The fourth-order valence-corrected chi connectivity index (χ4v) is 3.06. The van der Waals surface area contributed by atoms with Crippen LogP contribution in [0.4, 0.5) is 0 Å². The lowest BCUT2D eigenvalue weighted by atomic mass is 10.1. The third-order valence-electron chi connectivity index (χ3n) is 4.45. The zero-order valence-electron chi connectivity index (χ0n) is 14.0. The van der Waals surface area contributed by atoms with Crippen molar-refractivity contribution in [2.24, 2.45) is 0 Å². The Morgan fingerprint density at radius 3 is 2.84 bits per heavy atom. The van der Waals surface area contributed by atoms with Gasteiger partial charge in [-0.05, 0) is 18.9 Å². The normalized spacial score (nSPS) is 13.7. The molecule has 0 saturated carbocycles. The number of aromatic nitrogens is 4. The number of carbonyl (C=O) groups excluding carboxylic acids is 1. The minimum atomic E-state index is -0.120. The minimum Gasteiger partial charge on any atom is -0.445 e. The topological polar surface area (TPSA) is 87.9 Å². The lowest BCUT2D eigenvalue weighted by Gasteiger charge is -2.24. The third kappa shape index (κ3) is 3.17. The van der Waals surface area contributed by atoms with E-state index in [1.165, 1.54) is 5.56 Å². The number of hydrogen-bond acceptors (Lipinski definition) is 5. The molecule has 0 saturated heterocycles. The van der Waals surface area contributed by atoms with E-state index in [1.807, 2.05) is 18.2 Å². The first kappa shape index (κ1) is 15.6. The number of fused-ring (bicyclic) bond motifs is 1. The monoisotopic (exact) mass is 337 g/mol. The Hall–Kier alpha value is -2.96. The first-order valence-corrected chi connectivity index (χ1v) is 8.38. The molecule has 2 aromatic heterocycles. The summed E-state index contributed by atoms with van der Waals surface area (Å²) in [5.41, 5.74) is 3.09. The number of amides is 1. The van der Waals surface area contributed by atoms with Crippen LogP contribution < -0.4 is 0 Å². The van der Waals surface area contributed by atoms with Crippen molar-refractivity contribution in [1.29, 1.82) is 0 Å². The van der Waals surface area contributed by atoms with Gasteiger partial charge in [-0.2, -0.15) is 15.4 Å². The van der Waals surface area contributed by atoms with Gasteiger partial charge < -0.3 is 9.32 Å². The average Bonchev–Trinajstić information content (AvgIpc) is 3.25. The predicted molar refractivity (Wildman–Crippen MR) is 89.9 cm³/mol. The summed E-state index contributed by atoms with van der Waals surface area (Å²) in [4.78, 5) is 18.9. The molecule has 0 aliphatic carbocycles. The second kappa shape index (κ2) is 6.51. The second-order valence-electron chi connectivity index (χ2n) is 6.20. The van der Waals surface area contributed by atoms with Gasteiger partial charge in [-0.3, -0.25) is 4.79 Å². The quantitative estimate of drug-likeness (QED) is 0.787. The van der Waals surface area contributed by atoms with E-state index in [4.69, 9.17) is 4.42 Å². The van der Waals surface area contributed by atoms with Crippen LogP contribution >= 0.6 is 0 Å². The van der Waals surface area contributed by atoms with Crippen LogP contribution in [-0.4, -0.2) is 37.7 Å². The summed E-state index contributed by atoms with van der Waals surface area (Å²) in [5, 5.41) is 10.4. The van der Waals surface area contributed by atoms with Crippen molar-refractivity contribution in [3.63, 3.8) is 0 Å². The van der Waals surface area contributed by atoms with Crippen molar-refractivity contribution in [3.8, 4) is 0 Å². The van der Waals surface area contributed by atoms with Gasteiger partial charge in [0.25, 0.3) is 5.91 Å². The van der Waals surface area contributed by atoms with Crippen molar-refractivity contribution in [3.05, 3.63) is 64.6 Å². The molecule has 25 heavy (non-hydrogen) atoms. The number of aryl methyl sites for hydroxylation is 3. The number of H-pyrrole nitrogens is 1. The van der Waals surface area contributed by atoms with Crippen LogP contribution in [0.2, 0.25) is 0 Å². The fraction of sp³-hybridized carbons (Fsp3) is 0.333. The van der Waals surface area contributed by atoms with Crippen LogP contribution in [-0.2, 0) is 25.8 Å². The van der Waals surface area contributed by atoms with E-state index in [0.29, 0.717) is 30.9 Å². The highest BCUT2D eigenvalue weighted by atomic mass is 16.4. The number of rotatable bonds is 4. The number of nitrogens with zero attached hydrogens (tertiary/aromatic N) is 4. The van der Waals surface area contributed by atoms with Gasteiger partial charge in [-0.15, -0.1) is 0 Å². The lowest BCUT2D eigenvalue weighted by Crippen LogP contribution is -2.36. The average molecular weight is 337 g/mol. The molecule has 1 amide bonds. The number of aromatic amines is 1. The summed E-state index contributed by atoms with van der Waals surface area (Å²) in [7, 11) is 0. The maximum atomic E-state index is 12.6. The predicted octanol–water partition coefficient (Wildman–Crippen LogP) is 2.08. The highest BCUT2D eigenvalue weighted by molar-refractivity contribution is 5.93. The first-order chi connectivity index (χ1) is 12.2. The molecule has 3 aromatic rings. The Balaban J connectivity index is 1.44.